The minimum atomic E-state index is -3.14. The second-order valence-corrected chi connectivity index (χ2v) is 6.90. The van der Waals surface area contributed by atoms with Crippen LogP contribution >= 0.6 is 0 Å². The molecule has 1 unspecified atom stereocenters. The van der Waals surface area contributed by atoms with Crippen molar-refractivity contribution in [1.82, 2.24) is 9.21 Å². The molecule has 2 aliphatic rings. The highest BCUT2D eigenvalue weighted by Crippen LogP contribution is 2.22. The second kappa shape index (κ2) is 4.94. The lowest BCUT2D eigenvalue weighted by atomic mass is 10.0. The first-order valence-corrected chi connectivity index (χ1v) is 8.08. The molecule has 2 rings (SSSR count). The molecule has 2 aliphatic heterocycles. The van der Waals surface area contributed by atoms with E-state index in [1.54, 1.807) is 4.31 Å². The fourth-order valence-corrected chi connectivity index (χ4v) is 3.92. The summed E-state index contributed by atoms with van der Waals surface area (Å²) in [7, 11) is -3.14. The molecule has 2 fully saturated rings. The highest BCUT2D eigenvalue weighted by Gasteiger charge is 2.32. The number of sulfonamides is 1. The van der Waals surface area contributed by atoms with E-state index < -0.39 is 10.0 Å². The van der Waals surface area contributed by atoms with Gasteiger partial charge < -0.3 is 4.90 Å². The van der Waals surface area contributed by atoms with Gasteiger partial charge in [0.2, 0.25) is 15.9 Å². The van der Waals surface area contributed by atoms with Crippen molar-refractivity contribution in [3.8, 4) is 0 Å². The van der Waals surface area contributed by atoms with E-state index in [0.717, 1.165) is 32.2 Å². The lowest BCUT2D eigenvalue weighted by Gasteiger charge is -2.35. The van der Waals surface area contributed by atoms with Crippen molar-refractivity contribution in [1.29, 1.82) is 0 Å². The summed E-state index contributed by atoms with van der Waals surface area (Å²) >= 11 is 0. The average molecular weight is 260 g/mol. The zero-order chi connectivity index (χ0) is 12.5. The molecule has 2 heterocycles. The first-order chi connectivity index (χ1) is 7.98. The molecule has 0 aromatic heterocycles. The largest absolute Gasteiger partial charge is 0.341 e. The Morgan fingerprint density at radius 3 is 2.59 bits per heavy atom. The molecule has 17 heavy (non-hydrogen) atoms. The van der Waals surface area contributed by atoms with E-state index in [2.05, 4.69) is 0 Å². The van der Waals surface area contributed by atoms with Gasteiger partial charge in [-0.15, -0.1) is 0 Å². The fraction of sp³-hybridized carbons (Fsp3) is 0.909. The first-order valence-electron chi connectivity index (χ1n) is 6.23. The summed E-state index contributed by atoms with van der Waals surface area (Å²) in [6, 6.07) is -0.0131. The predicted molar refractivity (Wildman–Crippen MR) is 65.0 cm³/mol. The third-order valence-electron chi connectivity index (χ3n) is 3.60. The third-order valence-corrected chi connectivity index (χ3v) is 4.93. The number of carbonyl (C=O) groups excluding carboxylic acids is 1. The van der Waals surface area contributed by atoms with Crippen LogP contribution in [0.15, 0.2) is 0 Å². The number of nitrogens with zero attached hydrogens (tertiary/aromatic N) is 2. The molecule has 0 aromatic rings. The average Bonchev–Trinajstić information content (AvgIpc) is 2.64. The molecular weight excluding hydrogens is 240 g/mol. The van der Waals surface area contributed by atoms with E-state index >= 15 is 0 Å². The van der Waals surface area contributed by atoms with Crippen LogP contribution in [0.5, 0.6) is 0 Å². The van der Waals surface area contributed by atoms with Crippen LogP contribution in [0.25, 0.3) is 0 Å². The third kappa shape index (κ3) is 2.98. The minimum absolute atomic E-state index is 0.0131. The number of carbonyl (C=O) groups is 1. The monoisotopic (exact) mass is 260 g/mol. The van der Waals surface area contributed by atoms with Crippen LogP contribution in [0, 0.1) is 0 Å². The van der Waals surface area contributed by atoms with Crippen LogP contribution in [-0.2, 0) is 14.8 Å². The van der Waals surface area contributed by atoms with Crippen LogP contribution in [0.2, 0.25) is 0 Å². The van der Waals surface area contributed by atoms with Gasteiger partial charge in [0.15, 0.2) is 0 Å². The zero-order valence-electron chi connectivity index (χ0n) is 10.3. The summed E-state index contributed by atoms with van der Waals surface area (Å²) in [4.78, 5) is 13.4. The molecular formula is C11H20N2O3S. The maximum Gasteiger partial charge on any atom is 0.222 e. The lowest BCUT2D eigenvalue weighted by molar-refractivity contribution is -0.128. The zero-order valence-corrected chi connectivity index (χ0v) is 11.1. The van der Waals surface area contributed by atoms with Crippen molar-refractivity contribution in [3.63, 3.8) is 0 Å². The quantitative estimate of drug-likeness (QED) is 0.739. The lowest BCUT2D eigenvalue weighted by Crippen LogP contribution is -2.49. The number of likely N-dealkylation sites (tertiary alicyclic amines) is 1. The van der Waals surface area contributed by atoms with Crippen molar-refractivity contribution < 1.29 is 13.2 Å². The van der Waals surface area contributed by atoms with Crippen molar-refractivity contribution >= 4 is 15.9 Å². The van der Waals surface area contributed by atoms with Gasteiger partial charge in [-0.1, -0.05) is 6.42 Å². The van der Waals surface area contributed by atoms with Crippen molar-refractivity contribution in [2.45, 2.75) is 38.1 Å². The number of piperidine rings is 1. The molecule has 0 saturated carbocycles. The van der Waals surface area contributed by atoms with E-state index in [9.17, 15) is 13.2 Å². The fourth-order valence-electron chi connectivity index (χ4n) is 2.74. The highest BCUT2D eigenvalue weighted by atomic mass is 32.2. The Labute approximate surface area is 103 Å². The maximum atomic E-state index is 11.7. The molecule has 98 valence electrons. The van der Waals surface area contributed by atoms with Crippen LogP contribution in [0.4, 0.5) is 0 Å². The van der Waals surface area contributed by atoms with Gasteiger partial charge >= 0.3 is 0 Å². The molecule has 5 nitrogen and oxygen atoms in total. The van der Waals surface area contributed by atoms with E-state index in [1.807, 2.05) is 4.90 Å². The van der Waals surface area contributed by atoms with Crippen molar-refractivity contribution in [3.05, 3.63) is 0 Å². The number of hydrogen-bond acceptors (Lipinski definition) is 3. The van der Waals surface area contributed by atoms with E-state index in [0.29, 0.717) is 19.5 Å². The van der Waals surface area contributed by atoms with Crippen LogP contribution in [0.3, 0.4) is 0 Å². The highest BCUT2D eigenvalue weighted by molar-refractivity contribution is 7.88. The van der Waals surface area contributed by atoms with Gasteiger partial charge in [0.05, 0.1) is 6.26 Å². The number of rotatable bonds is 3. The standard InChI is InChI=1S/C11H20N2O3S/c1-17(15,16)13-8-3-2-5-10(13)9-12-7-4-6-11(12)14/h10H,2-9H2,1H3. The van der Waals surface area contributed by atoms with Crippen LogP contribution < -0.4 is 0 Å². The summed E-state index contributed by atoms with van der Waals surface area (Å²) in [5, 5.41) is 0. The number of amides is 1. The summed E-state index contributed by atoms with van der Waals surface area (Å²) in [5.41, 5.74) is 0. The van der Waals surface area contributed by atoms with Crippen molar-refractivity contribution in [2.24, 2.45) is 0 Å². The van der Waals surface area contributed by atoms with E-state index in [-0.39, 0.29) is 11.9 Å². The molecule has 1 atom stereocenters. The molecule has 0 bridgehead atoms. The Balaban J connectivity index is 2.04. The molecule has 1 amide bonds. The van der Waals surface area contributed by atoms with Gasteiger partial charge in [-0.05, 0) is 19.3 Å². The summed E-state index contributed by atoms with van der Waals surface area (Å²) in [6.07, 6.45) is 5.64. The van der Waals surface area contributed by atoms with Gasteiger partial charge in [0, 0.05) is 32.1 Å². The van der Waals surface area contributed by atoms with Gasteiger partial charge in [0.1, 0.15) is 0 Å². The van der Waals surface area contributed by atoms with Gasteiger partial charge in [-0.25, -0.2) is 8.42 Å². The molecule has 2 saturated heterocycles. The van der Waals surface area contributed by atoms with Crippen LogP contribution in [-0.4, -0.2) is 55.5 Å². The summed E-state index contributed by atoms with van der Waals surface area (Å²) in [6.45, 7) is 1.96. The number of hydrogen-bond donors (Lipinski definition) is 0. The van der Waals surface area contributed by atoms with E-state index in [4.69, 9.17) is 0 Å². The first kappa shape index (κ1) is 12.8. The Morgan fingerprint density at radius 2 is 2.00 bits per heavy atom. The molecule has 6 heteroatoms. The van der Waals surface area contributed by atoms with Crippen LogP contribution in [0.1, 0.15) is 32.1 Å². The Hall–Kier alpha value is -0.620. The smallest absolute Gasteiger partial charge is 0.222 e. The SMILES string of the molecule is CS(=O)(=O)N1CCCCC1CN1CCCC1=O. The molecule has 0 spiro atoms. The minimum Gasteiger partial charge on any atom is -0.341 e. The Kier molecular flexibility index (Phi) is 3.73. The van der Waals surface area contributed by atoms with Gasteiger partial charge in [-0.3, -0.25) is 4.79 Å². The molecule has 0 aliphatic carbocycles. The maximum absolute atomic E-state index is 11.7. The van der Waals surface area contributed by atoms with Gasteiger partial charge in [0.25, 0.3) is 0 Å². The molecule has 0 aromatic carbocycles. The normalized spacial score (nSPS) is 27.7. The second-order valence-electron chi connectivity index (χ2n) is 4.97. The van der Waals surface area contributed by atoms with Crippen molar-refractivity contribution in [2.75, 3.05) is 25.9 Å². The summed E-state index contributed by atoms with van der Waals surface area (Å²) in [5.74, 6) is 0.170. The summed E-state index contributed by atoms with van der Waals surface area (Å²) < 4.78 is 24.9. The Morgan fingerprint density at radius 1 is 1.24 bits per heavy atom. The van der Waals surface area contributed by atoms with Gasteiger partial charge in [-0.2, -0.15) is 4.31 Å². The van der Waals surface area contributed by atoms with E-state index in [1.165, 1.54) is 6.26 Å². The Bertz CT molecular complexity index is 394. The predicted octanol–water partition coefficient (Wildman–Crippen LogP) is 0.423. The molecule has 0 radical (unpaired) electrons. The topological polar surface area (TPSA) is 57.7 Å². The molecule has 0 N–H and O–H groups in total.